The number of benzene rings is 1. The molecule has 0 amide bonds. The predicted octanol–water partition coefficient (Wildman–Crippen LogP) is 1.78. The molecular weight excluding hydrogens is 234 g/mol. The molecule has 3 N–H and O–H groups in total. The van der Waals surface area contributed by atoms with E-state index >= 15 is 0 Å². The lowest BCUT2D eigenvalue weighted by Gasteiger charge is -2.26. The zero-order valence-corrected chi connectivity index (χ0v) is 10.6. The fourth-order valence-corrected chi connectivity index (χ4v) is 1.70. The third kappa shape index (κ3) is 3.92. The van der Waals surface area contributed by atoms with Crippen molar-refractivity contribution in [2.24, 2.45) is 0 Å². The molecule has 0 saturated heterocycles. The van der Waals surface area contributed by atoms with E-state index in [1.165, 1.54) is 12.1 Å². The van der Waals surface area contributed by atoms with Crippen molar-refractivity contribution in [3.05, 3.63) is 23.8 Å². The lowest BCUT2D eigenvalue weighted by Crippen LogP contribution is -2.36. The van der Waals surface area contributed by atoms with Gasteiger partial charge in [-0.25, -0.2) is 0 Å². The summed E-state index contributed by atoms with van der Waals surface area (Å²) in [6, 6.07) is 4.44. The molecule has 1 aromatic carbocycles. The van der Waals surface area contributed by atoms with Crippen molar-refractivity contribution in [3.8, 4) is 11.5 Å². The molecule has 18 heavy (non-hydrogen) atoms. The summed E-state index contributed by atoms with van der Waals surface area (Å²) in [6.07, 6.45) is 0.826. The van der Waals surface area contributed by atoms with Gasteiger partial charge in [0.1, 0.15) is 11.5 Å². The number of carboxylic acids is 1. The van der Waals surface area contributed by atoms with Gasteiger partial charge in [-0.2, -0.15) is 0 Å². The molecule has 0 fully saturated rings. The van der Waals surface area contributed by atoms with Crippen LogP contribution in [-0.2, 0) is 11.3 Å². The molecule has 1 unspecified atom stereocenters. The maximum absolute atomic E-state index is 10.8. The lowest BCUT2D eigenvalue weighted by molar-refractivity contribution is -0.139. The fourth-order valence-electron chi connectivity index (χ4n) is 1.70. The van der Waals surface area contributed by atoms with Crippen molar-refractivity contribution in [2.45, 2.75) is 32.9 Å². The molecule has 1 rings (SSSR count). The smallest absolute Gasteiger partial charge is 0.317 e. The van der Waals surface area contributed by atoms with Gasteiger partial charge in [0.05, 0.1) is 6.54 Å². The first-order valence-corrected chi connectivity index (χ1v) is 5.90. The minimum atomic E-state index is -0.895. The normalized spacial score (nSPS) is 12.6. The Morgan fingerprint density at radius 3 is 2.56 bits per heavy atom. The van der Waals surface area contributed by atoms with Gasteiger partial charge in [0.2, 0.25) is 0 Å². The number of rotatable bonds is 6. The van der Waals surface area contributed by atoms with Crippen LogP contribution in [0.3, 0.4) is 0 Å². The first kappa shape index (κ1) is 14.3. The van der Waals surface area contributed by atoms with Gasteiger partial charge in [-0.05, 0) is 19.4 Å². The number of nitrogens with zero attached hydrogens (tertiary/aromatic N) is 1. The Morgan fingerprint density at radius 1 is 1.39 bits per heavy atom. The second kappa shape index (κ2) is 6.26. The second-order valence-corrected chi connectivity index (χ2v) is 4.37. The van der Waals surface area contributed by atoms with Crippen LogP contribution in [0.4, 0.5) is 0 Å². The first-order chi connectivity index (χ1) is 8.43. The molecule has 5 nitrogen and oxygen atoms in total. The molecule has 0 heterocycles. The van der Waals surface area contributed by atoms with Gasteiger partial charge in [-0.1, -0.05) is 13.0 Å². The quantitative estimate of drug-likeness (QED) is 0.720. The Morgan fingerprint density at radius 2 is 2.06 bits per heavy atom. The summed E-state index contributed by atoms with van der Waals surface area (Å²) in [6.45, 7) is 4.19. The highest BCUT2D eigenvalue weighted by Crippen LogP contribution is 2.24. The third-order valence-corrected chi connectivity index (χ3v) is 2.99. The number of aromatic hydroxyl groups is 2. The number of hydrogen-bond acceptors (Lipinski definition) is 4. The van der Waals surface area contributed by atoms with Gasteiger partial charge in [0.15, 0.2) is 0 Å². The first-order valence-electron chi connectivity index (χ1n) is 5.90. The molecule has 0 spiro atoms. The number of hydrogen-bond donors (Lipinski definition) is 3. The van der Waals surface area contributed by atoms with E-state index in [4.69, 9.17) is 5.11 Å². The number of phenolic OH excluding ortho intramolecular Hbond substituents is 2. The van der Waals surface area contributed by atoms with Crippen molar-refractivity contribution < 1.29 is 20.1 Å². The van der Waals surface area contributed by atoms with Gasteiger partial charge in [-0.15, -0.1) is 0 Å². The summed E-state index contributed by atoms with van der Waals surface area (Å²) >= 11 is 0. The van der Waals surface area contributed by atoms with E-state index in [0.29, 0.717) is 12.1 Å². The largest absolute Gasteiger partial charge is 0.508 e. The standard InChI is InChI=1S/C13H19NO4/c1-3-9(2)14(8-13(17)18)7-10-4-5-11(15)6-12(10)16/h4-6,9,15-16H,3,7-8H2,1-2H3,(H,17,18). The zero-order chi connectivity index (χ0) is 13.7. The molecule has 0 saturated carbocycles. The second-order valence-electron chi connectivity index (χ2n) is 4.37. The van der Waals surface area contributed by atoms with Gasteiger partial charge in [0.25, 0.3) is 0 Å². The van der Waals surface area contributed by atoms with Crippen LogP contribution in [0.25, 0.3) is 0 Å². The molecule has 0 bridgehead atoms. The van der Waals surface area contributed by atoms with Crippen LogP contribution < -0.4 is 0 Å². The Bertz CT molecular complexity index is 419. The Labute approximate surface area is 106 Å². The monoisotopic (exact) mass is 253 g/mol. The van der Waals surface area contributed by atoms with Crippen LogP contribution in [0.1, 0.15) is 25.8 Å². The molecular formula is C13H19NO4. The van der Waals surface area contributed by atoms with E-state index in [9.17, 15) is 15.0 Å². The summed E-state index contributed by atoms with van der Waals surface area (Å²) in [5.41, 5.74) is 0.606. The minimum Gasteiger partial charge on any atom is -0.508 e. The lowest BCUT2D eigenvalue weighted by atomic mass is 10.1. The summed E-state index contributed by atoms with van der Waals surface area (Å²) in [5.74, 6) is -0.924. The average molecular weight is 253 g/mol. The van der Waals surface area contributed by atoms with Crippen molar-refractivity contribution in [3.63, 3.8) is 0 Å². The molecule has 0 aromatic heterocycles. The summed E-state index contributed by atoms with van der Waals surface area (Å²) in [5, 5.41) is 27.8. The predicted molar refractivity (Wildman–Crippen MR) is 67.6 cm³/mol. The van der Waals surface area contributed by atoms with Gasteiger partial charge in [-0.3, -0.25) is 9.69 Å². The van der Waals surface area contributed by atoms with Crippen LogP contribution >= 0.6 is 0 Å². The highest BCUT2D eigenvalue weighted by atomic mass is 16.4. The average Bonchev–Trinajstić information content (AvgIpc) is 2.30. The molecule has 5 heteroatoms. The molecule has 1 aromatic rings. The number of aliphatic carboxylic acids is 1. The Balaban J connectivity index is 2.85. The number of phenols is 2. The maximum Gasteiger partial charge on any atom is 0.317 e. The highest BCUT2D eigenvalue weighted by molar-refractivity contribution is 5.69. The molecule has 0 aliphatic carbocycles. The number of carbonyl (C=O) groups is 1. The molecule has 0 radical (unpaired) electrons. The topological polar surface area (TPSA) is 81.0 Å². The van der Waals surface area contributed by atoms with Crippen LogP contribution in [0.15, 0.2) is 18.2 Å². The van der Waals surface area contributed by atoms with Crippen molar-refractivity contribution in [1.29, 1.82) is 0 Å². The number of carboxylic acid groups (broad SMARTS) is 1. The van der Waals surface area contributed by atoms with E-state index in [1.54, 1.807) is 11.0 Å². The highest BCUT2D eigenvalue weighted by Gasteiger charge is 2.17. The van der Waals surface area contributed by atoms with Crippen LogP contribution in [0, 0.1) is 0 Å². The van der Waals surface area contributed by atoms with E-state index in [1.807, 2.05) is 13.8 Å². The summed E-state index contributed by atoms with van der Waals surface area (Å²) < 4.78 is 0. The van der Waals surface area contributed by atoms with Gasteiger partial charge < -0.3 is 15.3 Å². The van der Waals surface area contributed by atoms with Gasteiger partial charge in [0, 0.05) is 24.2 Å². The fraction of sp³-hybridized carbons (Fsp3) is 0.462. The Kier molecular flexibility index (Phi) is 4.97. The van der Waals surface area contributed by atoms with Crippen molar-refractivity contribution in [1.82, 2.24) is 4.90 Å². The SMILES string of the molecule is CCC(C)N(CC(=O)O)Cc1ccc(O)cc1O. The van der Waals surface area contributed by atoms with E-state index in [-0.39, 0.29) is 24.1 Å². The summed E-state index contributed by atoms with van der Waals surface area (Å²) in [7, 11) is 0. The van der Waals surface area contributed by atoms with E-state index in [2.05, 4.69) is 0 Å². The molecule has 0 aliphatic heterocycles. The van der Waals surface area contributed by atoms with Crippen LogP contribution in [-0.4, -0.2) is 38.8 Å². The van der Waals surface area contributed by atoms with Crippen molar-refractivity contribution in [2.75, 3.05) is 6.54 Å². The molecule has 100 valence electrons. The molecule has 1 atom stereocenters. The van der Waals surface area contributed by atoms with E-state index < -0.39 is 5.97 Å². The summed E-state index contributed by atoms with van der Waals surface area (Å²) in [4.78, 5) is 12.6. The molecule has 0 aliphatic rings. The maximum atomic E-state index is 10.8. The van der Waals surface area contributed by atoms with E-state index in [0.717, 1.165) is 6.42 Å². The van der Waals surface area contributed by atoms with Gasteiger partial charge >= 0.3 is 5.97 Å². The van der Waals surface area contributed by atoms with Crippen LogP contribution in [0.2, 0.25) is 0 Å². The zero-order valence-electron chi connectivity index (χ0n) is 10.6. The van der Waals surface area contributed by atoms with Crippen molar-refractivity contribution >= 4 is 5.97 Å². The third-order valence-electron chi connectivity index (χ3n) is 2.99. The Hall–Kier alpha value is -1.75. The van der Waals surface area contributed by atoms with Crippen LogP contribution in [0.5, 0.6) is 11.5 Å². The minimum absolute atomic E-state index is 0.00965.